The molecule has 2 aromatic rings. The number of benzene rings is 1. The molecule has 1 heterocycles. The number of hydrogen-bond donors (Lipinski definition) is 0. The molecule has 0 atom stereocenters. The smallest absolute Gasteiger partial charge is 0.240 e. The summed E-state index contributed by atoms with van der Waals surface area (Å²) in [5.74, 6) is 0. The van der Waals surface area contributed by atoms with Gasteiger partial charge in [0.1, 0.15) is 5.69 Å². The van der Waals surface area contributed by atoms with Gasteiger partial charge in [0.2, 0.25) is 5.69 Å². The Morgan fingerprint density at radius 2 is 1.64 bits per heavy atom. The highest BCUT2D eigenvalue weighted by Crippen LogP contribution is 2.19. The summed E-state index contributed by atoms with van der Waals surface area (Å²) in [6.07, 6.45) is 8.92. The second-order valence-electron chi connectivity index (χ2n) is 4.83. The third-order valence-electron chi connectivity index (χ3n) is 3.25. The molecule has 1 aromatic carbocycles. The molecule has 0 spiro atoms. The lowest BCUT2D eigenvalue weighted by molar-refractivity contribution is -0.606. The predicted molar refractivity (Wildman–Crippen MR) is 93.4 cm³/mol. The second-order valence-corrected chi connectivity index (χ2v) is 4.83. The van der Waals surface area contributed by atoms with Crippen molar-refractivity contribution in [2.75, 3.05) is 18.0 Å². The molecule has 0 fully saturated rings. The highest BCUT2D eigenvalue weighted by atomic mass is 16.5. The van der Waals surface area contributed by atoms with Crippen molar-refractivity contribution < 1.29 is 4.73 Å². The molecular weight excluding hydrogens is 272 g/mol. The first kappa shape index (κ1) is 15.6. The molecule has 0 saturated heterocycles. The van der Waals surface area contributed by atoms with Crippen LogP contribution in [0, 0.1) is 5.21 Å². The van der Waals surface area contributed by atoms with Gasteiger partial charge in [0.05, 0.1) is 0 Å². The fourth-order valence-electron chi connectivity index (χ4n) is 2.24. The summed E-state index contributed by atoms with van der Waals surface area (Å²) in [6, 6.07) is 13.6. The lowest BCUT2D eigenvalue weighted by Gasteiger charge is -2.22. The van der Waals surface area contributed by atoms with Crippen molar-refractivity contribution in [1.82, 2.24) is 0 Å². The highest BCUT2D eigenvalue weighted by molar-refractivity contribution is 5.73. The summed E-state index contributed by atoms with van der Waals surface area (Å²) in [6.45, 7) is 8.86. The summed E-state index contributed by atoms with van der Waals surface area (Å²) in [5.41, 5.74) is 2.52. The largest absolute Gasteiger partial charge is 0.618 e. The van der Waals surface area contributed by atoms with E-state index in [1.165, 1.54) is 6.20 Å². The van der Waals surface area contributed by atoms with Crippen LogP contribution in [0.1, 0.15) is 11.3 Å². The van der Waals surface area contributed by atoms with Gasteiger partial charge in [-0.05, 0) is 17.7 Å². The van der Waals surface area contributed by atoms with Crippen LogP contribution in [0.3, 0.4) is 0 Å². The normalized spacial score (nSPS) is 10.5. The zero-order valence-electron chi connectivity index (χ0n) is 12.6. The summed E-state index contributed by atoms with van der Waals surface area (Å²) in [4.78, 5) is 2.05. The average molecular weight is 292 g/mol. The molecule has 0 N–H and O–H groups in total. The van der Waals surface area contributed by atoms with Crippen molar-refractivity contribution in [3.8, 4) is 0 Å². The van der Waals surface area contributed by atoms with Gasteiger partial charge in [-0.3, -0.25) is 0 Å². The fraction of sp³-hybridized carbons (Fsp3) is 0.105. The maximum atomic E-state index is 12.2. The topological polar surface area (TPSA) is 30.2 Å². The fourth-order valence-corrected chi connectivity index (χ4v) is 2.24. The minimum absolute atomic E-state index is 0.607. The van der Waals surface area contributed by atoms with Crippen LogP contribution in [0.5, 0.6) is 0 Å². The summed E-state index contributed by atoms with van der Waals surface area (Å²) in [7, 11) is 0. The zero-order valence-corrected chi connectivity index (χ0v) is 12.6. The van der Waals surface area contributed by atoms with Crippen LogP contribution in [0.25, 0.3) is 12.2 Å². The van der Waals surface area contributed by atoms with Crippen molar-refractivity contribution in [3.05, 3.63) is 90.4 Å². The van der Waals surface area contributed by atoms with Crippen LogP contribution in [0.4, 0.5) is 5.69 Å². The van der Waals surface area contributed by atoms with E-state index in [4.69, 9.17) is 0 Å². The molecule has 1 aromatic heterocycles. The van der Waals surface area contributed by atoms with Crippen molar-refractivity contribution >= 4 is 17.8 Å². The van der Waals surface area contributed by atoms with Gasteiger partial charge >= 0.3 is 0 Å². The predicted octanol–water partition coefficient (Wildman–Crippen LogP) is 3.67. The maximum absolute atomic E-state index is 12.2. The number of aromatic nitrogens is 1. The monoisotopic (exact) mass is 292 g/mol. The first-order valence-corrected chi connectivity index (χ1v) is 7.18. The molecule has 3 heteroatoms. The van der Waals surface area contributed by atoms with Crippen molar-refractivity contribution in [2.45, 2.75) is 0 Å². The maximum Gasteiger partial charge on any atom is 0.240 e. The Hall–Kier alpha value is -2.81. The van der Waals surface area contributed by atoms with Crippen LogP contribution in [0.15, 0.2) is 74.0 Å². The molecule has 0 aliphatic heterocycles. The van der Waals surface area contributed by atoms with Crippen LogP contribution in [0.2, 0.25) is 0 Å². The van der Waals surface area contributed by atoms with Crippen molar-refractivity contribution in [2.24, 2.45) is 0 Å². The summed E-state index contributed by atoms with van der Waals surface area (Å²) >= 11 is 0. The summed E-state index contributed by atoms with van der Waals surface area (Å²) < 4.78 is 0.883. The van der Waals surface area contributed by atoms with Gasteiger partial charge in [0.25, 0.3) is 0 Å². The van der Waals surface area contributed by atoms with E-state index >= 15 is 0 Å². The number of nitrogens with zero attached hydrogens (tertiary/aromatic N) is 2. The third kappa shape index (κ3) is 3.85. The Morgan fingerprint density at radius 3 is 2.27 bits per heavy atom. The molecule has 0 aliphatic carbocycles. The van der Waals surface area contributed by atoms with Crippen molar-refractivity contribution in [3.63, 3.8) is 0 Å². The van der Waals surface area contributed by atoms with Gasteiger partial charge in [-0.15, -0.1) is 13.2 Å². The first-order valence-electron chi connectivity index (χ1n) is 7.18. The SMILES string of the molecule is C=CCN(CC=C)c1ccc[n+]([O-])c1C=Cc1ccccc1. The molecule has 0 saturated carbocycles. The van der Waals surface area contributed by atoms with Crippen LogP contribution < -0.4 is 9.63 Å². The van der Waals surface area contributed by atoms with Crippen LogP contribution in [-0.4, -0.2) is 13.1 Å². The van der Waals surface area contributed by atoms with E-state index in [-0.39, 0.29) is 0 Å². The van der Waals surface area contributed by atoms with E-state index in [2.05, 4.69) is 18.1 Å². The Bertz CT molecular complexity index is 652. The number of rotatable bonds is 7. The van der Waals surface area contributed by atoms with E-state index < -0.39 is 0 Å². The molecule has 0 radical (unpaired) electrons. The minimum Gasteiger partial charge on any atom is -0.618 e. The Labute approximate surface area is 131 Å². The lowest BCUT2D eigenvalue weighted by Crippen LogP contribution is -2.34. The molecule has 0 unspecified atom stereocenters. The molecule has 0 amide bonds. The number of hydrogen-bond acceptors (Lipinski definition) is 2. The molecule has 0 aliphatic rings. The average Bonchev–Trinajstić information content (AvgIpc) is 2.54. The first-order chi connectivity index (χ1) is 10.8. The molecule has 3 nitrogen and oxygen atoms in total. The van der Waals surface area contributed by atoms with E-state index in [1.807, 2.05) is 60.7 Å². The second kappa shape index (κ2) is 7.84. The van der Waals surface area contributed by atoms with Crippen molar-refractivity contribution in [1.29, 1.82) is 0 Å². The standard InChI is InChI=1S/C19H20N2O/c1-3-14-20(15-4-2)18-11-8-16-21(22)19(18)13-12-17-9-6-5-7-10-17/h3-13,16H,1-2,14-15H2. The Morgan fingerprint density at radius 1 is 0.955 bits per heavy atom. The highest BCUT2D eigenvalue weighted by Gasteiger charge is 2.14. The molecule has 0 bridgehead atoms. The molecule has 112 valence electrons. The Kier molecular flexibility index (Phi) is 5.55. The van der Waals surface area contributed by atoms with Gasteiger partial charge in [-0.2, -0.15) is 4.73 Å². The van der Waals surface area contributed by atoms with Crippen LogP contribution in [-0.2, 0) is 0 Å². The number of pyridine rings is 1. The quantitative estimate of drug-likeness (QED) is 0.443. The molecule has 22 heavy (non-hydrogen) atoms. The van der Waals surface area contributed by atoms with E-state index in [0.717, 1.165) is 16.0 Å². The lowest BCUT2D eigenvalue weighted by atomic mass is 10.1. The van der Waals surface area contributed by atoms with Gasteiger partial charge in [-0.25, -0.2) is 0 Å². The van der Waals surface area contributed by atoms with E-state index in [1.54, 1.807) is 6.07 Å². The van der Waals surface area contributed by atoms with Gasteiger partial charge in [0.15, 0.2) is 6.20 Å². The molecule has 2 rings (SSSR count). The van der Waals surface area contributed by atoms with Gasteiger partial charge in [-0.1, -0.05) is 42.5 Å². The third-order valence-corrected chi connectivity index (χ3v) is 3.25. The Balaban J connectivity index is 2.39. The van der Waals surface area contributed by atoms with E-state index in [0.29, 0.717) is 18.8 Å². The van der Waals surface area contributed by atoms with Gasteiger partial charge in [0, 0.05) is 25.2 Å². The molecular formula is C19H20N2O. The minimum atomic E-state index is 0.607. The zero-order chi connectivity index (χ0) is 15.8. The van der Waals surface area contributed by atoms with Crippen LogP contribution >= 0.6 is 0 Å². The van der Waals surface area contributed by atoms with Gasteiger partial charge < -0.3 is 10.1 Å². The summed E-state index contributed by atoms with van der Waals surface area (Å²) in [5, 5.41) is 12.2. The number of anilines is 1. The van der Waals surface area contributed by atoms with E-state index in [9.17, 15) is 5.21 Å².